The van der Waals surface area contributed by atoms with Crippen molar-refractivity contribution in [2.24, 2.45) is 0 Å². The number of anilines is 1. The molecule has 3 heterocycles. The average Bonchev–Trinajstić information content (AvgIpc) is 2.86. The molecule has 0 aromatic heterocycles. The summed E-state index contributed by atoms with van der Waals surface area (Å²) in [6.07, 6.45) is 0.864. The molecule has 0 spiro atoms. The van der Waals surface area contributed by atoms with E-state index in [1.54, 1.807) is 4.90 Å². The Balaban J connectivity index is 1.26. The number of hydrogen-bond acceptors (Lipinski definition) is 7. The summed E-state index contributed by atoms with van der Waals surface area (Å²) in [4.78, 5) is 29.5. The maximum Gasteiger partial charge on any atom is 0.322 e. The normalized spacial score (nSPS) is 27.4. The molecule has 11 heteroatoms. The van der Waals surface area contributed by atoms with Gasteiger partial charge in [-0.15, -0.1) is 0 Å². The molecule has 0 bridgehead atoms. The standard InChI is InChI=1S/C25H37FN4O6/c26-18-2-4-19(5-3-18)28-25(33)30-15-20(31)16-35-17-23-22(30)7-6-21(36-23)14-24(32)27-8-1-9-29-10-12-34-13-11-29/h2-5,20-23,31H,1,6-17H2,(H,27,32)(H,28,33)/t20-,21-,22-,23+/m0/s1. The Morgan fingerprint density at radius 3 is 2.64 bits per heavy atom. The lowest BCUT2D eigenvalue weighted by molar-refractivity contribution is -0.149. The number of aliphatic hydroxyl groups is 1. The average molecular weight is 509 g/mol. The molecule has 10 nitrogen and oxygen atoms in total. The summed E-state index contributed by atoms with van der Waals surface area (Å²) < 4.78 is 30.4. The summed E-state index contributed by atoms with van der Waals surface area (Å²) in [6, 6.07) is 4.82. The number of halogens is 1. The van der Waals surface area contributed by atoms with Crippen LogP contribution in [0.15, 0.2) is 24.3 Å². The first-order chi connectivity index (χ1) is 17.5. The Bertz CT molecular complexity index is 853. The molecule has 36 heavy (non-hydrogen) atoms. The lowest BCUT2D eigenvalue weighted by Crippen LogP contribution is -2.58. The zero-order chi connectivity index (χ0) is 25.3. The zero-order valence-electron chi connectivity index (χ0n) is 20.6. The second kappa shape index (κ2) is 13.3. The lowest BCUT2D eigenvalue weighted by Gasteiger charge is -2.44. The van der Waals surface area contributed by atoms with Crippen molar-refractivity contribution in [3.63, 3.8) is 0 Å². The summed E-state index contributed by atoms with van der Waals surface area (Å²) >= 11 is 0. The van der Waals surface area contributed by atoms with Gasteiger partial charge < -0.3 is 34.9 Å². The largest absolute Gasteiger partial charge is 0.389 e. The number of carbonyl (C=O) groups is 2. The number of morpholine rings is 1. The first-order valence-electron chi connectivity index (χ1n) is 12.8. The Hall–Kier alpha value is -2.31. The van der Waals surface area contributed by atoms with Gasteiger partial charge in [-0.2, -0.15) is 0 Å². The first kappa shape index (κ1) is 26.7. The van der Waals surface area contributed by atoms with Gasteiger partial charge in [0.25, 0.3) is 0 Å². The van der Waals surface area contributed by atoms with Crippen molar-refractivity contribution < 1.29 is 33.3 Å². The van der Waals surface area contributed by atoms with Crippen molar-refractivity contribution in [1.82, 2.24) is 15.1 Å². The highest BCUT2D eigenvalue weighted by molar-refractivity contribution is 5.89. The number of amides is 3. The fourth-order valence-corrected chi connectivity index (χ4v) is 4.94. The fourth-order valence-electron chi connectivity index (χ4n) is 4.94. The third-order valence-electron chi connectivity index (χ3n) is 6.83. The van der Waals surface area contributed by atoms with Crippen LogP contribution < -0.4 is 10.6 Å². The smallest absolute Gasteiger partial charge is 0.322 e. The first-order valence-corrected chi connectivity index (χ1v) is 12.8. The number of ether oxygens (including phenoxy) is 3. The molecule has 1 aromatic rings. The second-order valence-corrected chi connectivity index (χ2v) is 9.58. The van der Waals surface area contributed by atoms with E-state index in [0.29, 0.717) is 25.1 Å². The molecule has 3 saturated heterocycles. The molecule has 1 aromatic carbocycles. The predicted octanol–water partition coefficient (Wildman–Crippen LogP) is 1.20. The van der Waals surface area contributed by atoms with E-state index in [9.17, 15) is 19.1 Å². The van der Waals surface area contributed by atoms with Gasteiger partial charge in [-0.25, -0.2) is 9.18 Å². The van der Waals surface area contributed by atoms with Crippen LogP contribution in [0.3, 0.4) is 0 Å². The van der Waals surface area contributed by atoms with Crippen molar-refractivity contribution in [3.8, 4) is 0 Å². The minimum absolute atomic E-state index is 0.0477. The highest BCUT2D eigenvalue weighted by Crippen LogP contribution is 2.28. The van der Waals surface area contributed by atoms with Gasteiger partial charge in [0.05, 0.1) is 57.6 Å². The van der Waals surface area contributed by atoms with Crippen LogP contribution in [0, 0.1) is 5.82 Å². The number of carbonyl (C=O) groups excluding carboxylic acids is 2. The molecule has 3 aliphatic rings. The van der Waals surface area contributed by atoms with Crippen LogP contribution in [0.25, 0.3) is 0 Å². The van der Waals surface area contributed by atoms with E-state index in [1.807, 2.05) is 0 Å². The van der Waals surface area contributed by atoms with Crippen molar-refractivity contribution in [1.29, 1.82) is 0 Å². The Labute approximate surface area is 211 Å². The van der Waals surface area contributed by atoms with E-state index in [1.165, 1.54) is 24.3 Å². The van der Waals surface area contributed by atoms with E-state index < -0.39 is 18.2 Å². The van der Waals surface area contributed by atoms with Crippen molar-refractivity contribution in [3.05, 3.63) is 30.1 Å². The molecule has 0 unspecified atom stereocenters. The van der Waals surface area contributed by atoms with E-state index >= 15 is 0 Å². The van der Waals surface area contributed by atoms with Gasteiger partial charge in [0.1, 0.15) is 11.9 Å². The van der Waals surface area contributed by atoms with Gasteiger partial charge >= 0.3 is 6.03 Å². The molecular formula is C25H37FN4O6. The minimum atomic E-state index is -0.828. The quantitative estimate of drug-likeness (QED) is 0.475. The highest BCUT2D eigenvalue weighted by Gasteiger charge is 2.40. The van der Waals surface area contributed by atoms with Crippen LogP contribution in [0.2, 0.25) is 0 Å². The van der Waals surface area contributed by atoms with Gasteiger partial charge in [-0.3, -0.25) is 9.69 Å². The number of nitrogens with one attached hydrogen (secondary N) is 2. The molecule has 3 fully saturated rings. The maximum absolute atomic E-state index is 13.2. The molecule has 4 atom stereocenters. The van der Waals surface area contributed by atoms with Gasteiger partial charge in [-0.05, 0) is 50.1 Å². The maximum atomic E-state index is 13.2. The molecule has 0 aliphatic carbocycles. The Kier molecular flexibility index (Phi) is 9.88. The molecule has 200 valence electrons. The van der Waals surface area contributed by atoms with Crippen LogP contribution >= 0.6 is 0 Å². The van der Waals surface area contributed by atoms with Crippen LogP contribution in [-0.4, -0.2) is 110 Å². The number of aliphatic hydroxyl groups excluding tert-OH is 1. The monoisotopic (exact) mass is 508 g/mol. The number of rotatable bonds is 7. The van der Waals surface area contributed by atoms with Crippen molar-refractivity contribution in [2.45, 2.75) is 50.0 Å². The van der Waals surface area contributed by atoms with Gasteiger partial charge in [0.15, 0.2) is 0 Å². The number of nitrogens with zero attached hydrogens (tertiary/aromatic N) is 2. The lowest BCUT2D eigenvalue weighted by atomic mass is 9.95. The Morgan fingerprint density at radius 1 is 1.08 bits per heavy atom. The van der Waals surface area contributed by atoms with Gasteiger partial charge in [-0.1, -0.05) is 0 Å². The molecule has 0 saturated carbocycles. The third kappa shape index (κ3) is 7.84. The van der Waals surface area contributed by atoms with E-state index in [4.69, 9.17) is 14.2 Å². The summed E-state index contributed by atoms with van der Waals surface area (Å²) in [5, 5.41) is 16.0. The van der Waals surface area contributed by atoms with Crippen LogP contribution in [0.5, 0.6) is 0 Å². The number of urea groups is 1. The number of benzene rings is 1. The van der Waals surface area contributed by atoms with Crippen LogP contribution in [-0.2, 0) is 19.0 Å². The number of fused-ring (bicyclic) bond motifs is 1. The third-order valence-corrected chi connectivity index (χ3v) is 6.83. The summed E-state index contributed by atoms with van der Waals surface area (Å²) in [5.41, 5.74) is 0.464. The molecule has 3 amide bonds. The second-order valence-electron chi connectivity index (χ2n) is 9.58. The number of β-amino-alcohol motifs (C(OH)–C–C–N with tert-alkyl or cyclic N) is 1. The van der Waals surface area contributed by atoms with Crippen molar-refractivity contribution >= 4 is 17.6 Å². The molecule has 3 N–H and O–H groups in total. The van der Waals surface area contributed by atoms with E-state index in [0.717, 1.165) is 39.3 Å². The Morgan fingerprint density at radius 2 is 1.86 bits per heavy atom. The molecule has 0 radical (unpaired) electrons. The minimum Gasteiger partial charge on any atom is -0.389 e. The fraction of sp³-hybridized carbons (Fsp3) is 0.680. The molecule has 3 aliphatic heterocycles. The zero-order valence-corrected chi connectivity index (χ0v) is 20.6. The van der Waals surface area contributed by atoms with E-state index in [2.05, 4.69) is 15.5 Å². The summed E-state index contributed by atoms with van der Waals surface area (Å²) in [7, 11) is 0. The van der Waals surface area contributed by atoms with E-state index in [-0.39, 0.29) is 50.0 Å². The topological polar surface area (TPSA) is 113 Å². The highest BCUT2D eigenvalue weighted by atomic mass is 19.1. The predicted molar refractivity (Wildman–Crippen MR) is 130 cm³/mol. The van der Waals surface area contributed by atoms with Gasteiger partial charge in [0.2, 0.25) is 5.91 Å². The van der Waals surface area contributed by atoms with Crippen LogP contribution in [0.4, 0.5) is 14.9 Å². The number of hydrogen-bond donors (Lipinski definition) is 3. The van der Waals surface area contributed by atoms with Gasteiger partial charge in [0, 0.05) is 25.3 Å². The molecule has 4 rings (SSSR count). The van der Waals surface area contributed by atoms with Crippen molar-refractivity contribution in [2.75, 3.05) is 64.5 Å². The summed E-state index contributed by atoms with van der Waals surface area (Å²) in [6.45, 7) is 5.35. The SMILES string of the molecule is O=C(C[C@@H]1CC[C@H]2[C@@H](COC[C@@H](O)CN2C(=O)Nc2ccc(F)cc2)O1)NCCCN1CCOCC1. The molecular weight excluding hydrogens is 471 g/mol. The summed E-state index contributed by atoms with van der Waals surface area (Å²) in [5.74, 6) is -0.437. The van der Waals surface area contributed by atoms with Crippen LogP contribution in [0.1, 0.15) is 25.7 Å².